The molecule has 0 spiro atoms. The van der Waals surface area contributed by atoms with Gasteiger partial charge < -0.3 is 14.8 Å². The van der Waals surface area contributed by atoms with Crippen molar-refractivity contribution in [2.45, 2.75) is 39.3 Å². The number of hydrogen-bond donors (Lipinski definition) is 1. The van der Waals surface area contributed by atoms with Crippen LogP contribution in [0.15, 0.2) is 24.3 Å². The van der Waals surface area contributed by atoms with E-state index in [1.54, 1.807) is 7.11 Å². The lowest BCUT2D eigenvalue weighted by molar-refractivity contribution is 0.171. The van der Waals surface area contributed by atoms with E-state index in [2.05, 4.69) is 30.4 Å². The first-order valence-electron chi connectivity index (χ1n) is 7.01. The predicted molar refractivity (Wildman–Crippen MR) is 79.7 cm³/mol. The molecule has 0 aromatic heterocycles. The van der Waals surface area contributed by atoms with E-state index >= 15 is 0 Å². The van der Waals surface area contributed by atoms with Gasteiger partial charge in [-0.3, -0.25) is 0 Å². The molecule has 0 aliphatic rings. The first kappa shape index (κ1) is 16.0. The number of nitrogens with one attached hydrogen (secondary N) is 1. The minimum atomic E-state index is 0.203. The Balaban J connectivity index is 2.79. The Bertz CT molecular complexity index is 366. The van der Waals surface area contributed by atoms with E-state index in [0.29, 0.717) is 12.0 Å². The molecule has 1 rings (SSSR count). The normalized spacial score (nSPS) is 14.4. The molecule has 0 bridgehead atoms. The molecule has 2 atom stereocenters. The summed E-state index contributed by atoms with van der Waals surface area (Å²) in [6.07, 6.45) is 1.24. The van der Waals surface area contributed by atoms with Crippen LogP contribution in [0, 0.1) is 5.92 Å². The van der Waals surface area contributed by atoms with E-state index in [4.69, 9.17) is 9.47 Å². The average molecular weight is 265 g/mol. The summed E-state index contributed by atoms with van der Waals surface area (Å²) in [6, 6.07) is 8.67. The maximum Gasteiger partial charge on any atom is 0.120 e. The van der Waals surface area contributed by atoms with Gasteiger partial charge in [0.25, 0.3) is 0 Å². The summed E-state index contributed by atoms with van der Waals surface area (Å²) in [7, 11) is 3.75. The zero-order valence-corrected chi connectivity index (χ0v) is 12.8. The van der Waals surface area contributed by atoms with Crippen molar-refractivity contribution in [3.05, 3.63) is 29.8 Å². The molecule has 0 heterocycles. The Morgan fingerprint density at radius 1 is 1.21 bits per heavy atom. The first-order valence-corrected chi connectivity index (χ1v) is 7.01. The monoisotopic (exact) mass is 265 g/mol. The molecule has 0 amide bonds. The van der Waals surface area contributed by atoms with Gasteiger partial charge in [-0.25, -0.2) is 0 Å². The van der Waals surface area contributed by atoms with Crippen molar-refractivity contribution in [2.24, 2.45) is 5.92 Å². The van der Waals surface area contributed by atoms with Crippen LogP contribution in [0.3, 0.4) is 0 Å². The van der Waals surface area contributed by atoms with Crippen LogP contribution in [-0.2, 0) is 4.74 Å². The van der Waals surface area contributed by atoms with Gasteiger partial charge in [0.1, 0.15) is 5.75 Å². The van der Waals surface area contributed by atoms with Gasteiger partial charge in [-0.2, -0.15) is 0 Å². The van der Waals surface area contributed by atoms with Crippen molar-refractivity contribution in [3.8, 4) is 5.75 Å². The highest BCUT2D eigenvalue weighted by molar-refractivity contribution is 5.31. The van der Waals surface area contributed by atoms with E-state index in [0.717, 1.165) is 18.8 Å². The van der Waals surface area contributed by atoms with Crippen molar-refractivity contribution in [1.82, 2.24) is 5.32 Å². The molecule has 0 saturated carbocycles. The molecule has 3 heteroatoms. The van der Waals surface area contributed by atoms with Crippen molar-refractivity contribution >= 4 is 0 Å². The Morgan fingerprint density at radius 2 is 1.95 bits per heavy atom. The van der Waals surface area contributed by atoms with E-state index in [-0.39, 0.29) is 6.10 Å². The molecule has 108 valence electrons. The molecule has 0 saturated heterocycles. The zero-order chi connectivity index (χ0) is 14.3. The molecule has 1 N–H and O–H groups in total. The molecular formula is C16H27NO2. The number of methoxy groups -OCH3 is 1. The van der Waals surface area contributed by atoms with Crippen LogP contribution in [0.2, 0.25) is 0 Å². The van der Waals surface area contributed by atoms with Crippen LogP contribution in [-0.4, -0.2) is 26.9 Å². The summed E-state index contributed by atoms with van der Waals surface area (Å²) < 4.78 is 10.9. The molecular weight excluding hydrogens is 238 g/mol. The average Bonchev–Trinajstić information content (AvgIpc) is 2.37. The van der Waals surface area contributed by atoms with Gasteiger partial charge in [-0.05, 0) is 50.9 Å². The third-order valence-electron chi connectivity index (χ3n) is 3.25. The molecule has 1 aromatic carbocycles. The Hall–Kier alpha value is -1.06. The second-order valence-corrected chi connectivity index (χ2v) is 5.26. The molecule has 0 aliphatic heterocycles. The minimum absolute atomic E-state index is 0.203. The quantitative estimate of drug-likeness (QED) is 0.781. The lowest BCUT2D eigenvalue weighted by atomic mass is 9.92. The van der Waals surface area contributed by atoms with Crippen molar-refractivity contribution < 1.29 is 9.47 Å². The highest BCUT2D eigenvalue weighted by Crippen LogP contribution is 2.27. The van der Waals surface area contributed by atoms with E-state index in [9.17, 15) is 0 Å². The topological polar surface area (TPSA) is 30.5 Å². The van der Waals surface area contributed by atoms with Crippen LogP contribution in [0.4, 0.5) is 0 Å². The number of benzene rings is 1. The lowest BCUT2D eigenvalue weighted by Gasteiger charge is -2.24. The largest absolute Gasteiger partial charge is 0.491 e. The van der Waals surface area contributed by atoms with Crippen LogP contribution >= 0.6 is 0 Å². The third kappa shape index (κ3) is 5.21. The van der Waals surface area contributed by atoms with Crippen molar-refractivity contribution in [3.63, 3.8) is 0 Å². The molecule has 0 radical (unpaired) electrons. The zero-order valence-electron chi connectivity index (χ0n) is 12.8. The fourth-order valence-corrected chi connectivity index (χ4v) is 2.30. The lowest BCUT2D eigenvalue weighted by Crippen LogP contribution is -2.24. The fraction of sp³-hybridized carbons (Fsp3) is 0.625. The summed E-state index contributed by atoms with van der Waals surface area (Å²) in [5, 5.41) is 3.40. The van der Waals surface area contributed by atoms with Gasteiger partial charge in [0.05, 0.1) is 6.10 Å². The van der Waals surface area contributed by atoms with Gasteiger partial charge in [0.2, 0.25) is 0 Å². The van der Waals surface area contributed by atoms with E-state index in [1.165, 1.54) is 5.56 Å². The number of hydrogen-bond acceptors (Lipinski definition) is 3. The van der Waals surface area contributed by atoms with Crippen LogP contribution in [0.1, 0.15) is 38.8 Å². The van der Waals surface area contributed by atoms with E-state index < -0.39 is 0 Å². The molecule has 1 aromatic rings. The summed E-state index contributed by atoms with van der Waals surface area (Å²) in [4.78, 5) is 0. The Kier molecular flexibility index (Phi) is 6.89. The molecule has 0 fully saturated rings. The summed E-state index contributed by atoms with van der Waals surface area (Å²) in [5.41, 5.74) is 1.27. The Labute approximate surface area is 117 Å². The summed E-state index contributed by atoms with van der Waals surface area (Å²) >= 11 is 0. The minimum Gasteiger partial charge on any atom is -0.491 e. The van der Waals surface area contributed by atoms with Crippen LogP contribution in [0.5, 0.6) is 5.75 Å². The molecule has 0 aliphatic carbocycles. The SMILES string of the molecule is CNC(c1cccc(OC(C)C)c1)C(C)CCOC. The van der Waals surface area contributed by atoms with Crippen molar-refractivity contribution in [2.75, 3.05) is 20.8 Å². The fourth-order valence-electron chi connectivity index (χ4n) is 2.30. The Morgan fingerprint density at radius 3 is 2.53 bits per heavy atom. The number of rotatable bonds is 8. The third-order valence-corrected chi connectivity index (χ3v) is 3.25. The van der Waals surface area contributed by atoms with Gasteiger partial charge in [-0.15, -0.1) is 0 Å². The number of ether oxygens (including phenoxy) is 2. The first-order chi connectivity index (χ1) is 9.08. The standard InChI is InChI=1S/C16H27NO2/c1-12(2)19-15-8-6-7-14(11-15)16(17-4)13(3)9-10-18-5/h6-8,11-13,16-17H,9-10H2,1-5H3. The van der Waals surface area contributed by atoms with E-state index in [1.807, 2.05) is 27.0 Å². The van der Waals surface area contributed by atoms with Gasteiger partial charge in [0.15, 0.2) is 0 Å². The second-order valence-electron chi connectivity index (χ2n) is 5.26. The maximum atomic E-state index is 5.76. The van der Waals surface area contributed by atoms with Crippen LogP contribution in [0.25, 0.3) is 0 Å². The smallest absolute Gasteiger partial charge is 0.120 e. The molecule has 3 nitrogen and oxygen atoms in total. The van der Waals surface area contributed by atoms with Gasteiger partial charge in [-0.1, -0.05) is 19.1 Å². The van der Waals surface area contributed by atoms with Crippen LogP contribution < -0.4 is 10.1 Å². The maximum absolute atomic E-state index is 5.76. The highest BCUT2D eigenvalue weighted by Gasteiger charge is 2.17. The summed E-state index contributed by atoms with van der Waals surface area (Å²) in [6.45, 7) is 7.13. The second kappa shape index (κ2) is 8.18. The molecule has 19 heavy (non-hydrogen) atoms. The van der Waals surface area contributed by atoms with Crippen molar-refractivity contribution in [1.29, 1.82) is 0 Å². The highest BCUT2D eigenvalue weighted by atomic mass is 16.5. The molecule has 2 unspecified atom stereocenters. The van der Waals surface area contributed by atoms with Gasteiger partial charge in [0, 0.05) is 19.8 Å². The summed E-state index contributed by atoms with van der Waals surface area (Å²) in [5.74, 6) is 1.45. The predicted octanol–water partition coefficient (Wildman–Crippen LogP) is 3.41. The van der Waals surface area contributed by atoms with Gasteiger partial charge >= 0.3 is 0 Å².